The van der Waals surface area contributed by atoms with Crippen LogP contribution in [0.3, 0.4) is 0 Å². The molecule has 0 spiro atoms. The average Bonchev–Trinajstić information content (AvgIpc) is 1.75. The Hall–Kier alpha value is -6.67. The van der Waals surface area contributed by atoms with Gasteiger partial charge in [0.2, 0.25) is 0 Å². The molecule has 0 fully saturated rings. The Morgan fingerprint density at radius 2 is 1.02 bits per heavy atom. The minimum Gasteiger partial charge on any atom is -0.477 e. The predicted molar refractivity (Wildman–Crippen MR) is 380 cm³/mol. The van der Waals surface area contributed by atoms with E-state index in [1.54, 1.807) is 17.4 Å². The fraction of sp³-hybridized carbons (Fsp3) is 0.329. The Balaban J connectivity index is 0.948. The van der Waals surface area contributed by atoms with Crippen LogP contribution in [0.5, 0.6) is 0 Å². The standard InChI is InChI=1S/C76H75N3O2S6/c1-5-9-13-17-21-55-43-71-73(83-55)45-69(86-71)50-24-30-64-60(40-50)61-41-51(70-46-74-72(87-70)44-56(84-74)22-18-14-10-6-2)25-31-65(61)79(64)54-26-29-59-58-28-23-49(38-62(58)76(63(59)42-54,35-19-15-11-7-3)36-20-16-12-8-4)37-52(47-77)66-33-34-68(85-66)67-32-27-57(82-67)39-53(48-78)75(80)81/h23-34,37-46H,5-22,35-36H2,1-4H3,(H,80,81)/b52-37+,53-39-. The van der Waals surface area contributed by atoms with Crippen LogP contribution in [0.15, 0.2) is 127 Å². The van der Waals surface area contributed by atoms with Gasteiger partial charge in [-0.05, 0) is 175 Å². The maximum atomic E-state index is 11.6. The van der Waals surface area contributed by atoms with Crippen LogP contribution < -0.4 is 0 Å². The Labute approximate surface area is 537 Å². The van der Waals surface area contributed by atoms with Crippen LogP contribution in [0.25, 0.3) is 106 Å². The van der Waals surface area contributed by atoms with E-state index in [9.17, 15) is 20.4 Å². The summed E-state index contributed by atoms with van der Waals surface area (Å²) < 4.78 is 8.18. The van der Waals surface area contributed by atoms with E-state index >= 15 is 0 Å². The van der Waals surface area contributed by atoms with E-state index in [0.717, 1.165) is 45.9 Å². The number of unbranched alkanes of at least 4 members (excludes halogenated alkanes) is 12. The van der Waals surface area contributed by atoms with Crippen LogP contribution in [-0.2, 0) is 23.1 Å². The first kappa shape index (κ1) is 60.6. The zero-order valence-corrected chi connectivity index (χ0v) is 55.4. The van der Waals surface area contributed by atoms with Gasteiger partial charge in [-0.1, -0.05) is 154 Å². The monoisotopic (exact) mass is 1250 g/mol. The fourth-order valence-electron chi connectivity index (χ4n) is 13.2. The lowest BCUT2D eigenvalue weighted by Gasteiger charge is -2.33. The molecule has 0 bridgehead atoms. The minimum absolute atomic E-state index is 0.214. The lowest BCUT2D eigenvalue weighted by atomic mass is 9.70. The first-order chi connectivity index (χ1) is 42.6. The number of aromatic nitrogens is 1. The molecular weight excluding hydrogens is 1180 g/mol. The number of benzene rings is 4. The van der Waals surface area contributed by atoms with Crippen molar-refractivity contribution in [2.24, 2.45) is 0 Å². The topological polar surface area (TPSA) is 89.8 Å². The number of fused-ring (bicyclic) bond motifs is 8. The molecule has 87 heavy (non-hydrogen) atoms. The van der Waals surface area contributed by atoms with E-state index in [1.165, 1.54) is 219 Å². The molecule has 1 N–H and O–H groups in total. The van der Waals surface area contributed by atoms with Crippen molar-refractivity contribution in [3.8, 4) is 59.6 Å². The number of nitriles is 2. The van der Waals surface area contributed by atoms with Gasteiger partial charge in [-0.25, -0.2) is 4.79 Å². The van der Waals surface area contributed by atoms with E-state index in [4.69, 9.17) is 0 Å². The zero-order chi connectivity index (χ0) is 60.0. The summed E-state index contributed by atoms with van der Waals surface area (Å²) >= 11 is 10.8. The molecule has 0 atom stereocenters. The maximum Gasteiger partial charge on any atom is 0.346 e. The van der Waals surface area contributed by atoms with Crippen LogP contribution in [0.2, 0.25) is 0 Å². The van der Waals surface area contributed by atoms with Gasteiger partial charge in [-0.3, -0.25) is 0 Å². The van der Waals surface area contributed by atoms with E-state index < -0.39 is 5.97 Å². The number of carboxylic acids is 1. The third-order valence-electron chi connectivity index (χ3n) is 17.8. The number of hydrogen-bond acceptors (Lipinski definition) is 9. The van der Waals surface area contributed by atoms with Crippen molar-refractivity contribution in [1.82, 2.24) is 4.57 Å². The molecule has 1 aliphatic rings. The molecule has 0 unspecified atom stereocenters. The van der Waals surface area contributed by atoms with E-state index in [1.807, 2.05) is 69.6 Å². The number of thiophene rings is 6. The number of hydrogen-bond donors (Lipinski definition) is 1. The average molecular weight is 1250 g/mol. The number of nitrogens with zero attached hydrogens (tertiary/aromatic N) is 3. The van der Waals surface area contributed by atoms with E-state index in [0.29, 0.717) is 10.5 Å². The number of allylic oxidation sites excluding steroid dienone is 1. The van der Waals surface area contributed by atoms with Gasteiger partial charge in [0.1, 0.15) is 17.7 Å². The van der Waals surface area contributed by atoms with Crippen molar-refractivity contribution in [2.75, 3.05) is 0 Å². The number of aryl methyl sites for hydroxylation is 2. The number of aliphatic carboxylic acids is 1. The molecule has 0 saturated heterocycles. The molecule has 0 radical (unpaired) electrons. The number of rotatable bonds is 28. The molecule has 5 nitrogen and oxygen atoms in total. The predicted octanol–water partition coefficient (Wildman–Crippen LogP) is 25.0. The van der Waals surface area contributed by atoms with Gasteiger partial charge in [0.05, 0.1) is 16.6 Å². The summed E-state index contributed by atoms with van der Waals surface area (Å²) in [4.78, 5) is 20.8. The molecule has 0 aliphatic heterocycles. The van der Waals surface area contributed by atoms with Gasteiger partial charge >= 0.3 is 5.97 Å². The molecular formula is C76H75N3O2S6. The molecule has 12 rings (SSSR count). The van der Waals surface area contributed by atoms with Crippen molar-refractivity contribution >= 4 is 132 Å². The first-order valence-electron chi connectivity index (χ1n) is 31.7. The lowest BCUT2D eigenvalue weighted by molar-refractivity contribution is -0.132. The normalized spacial score (nSPS) is 13.1. The molecule has 7 aromatic heterocycles. The number of carbonyl (C=O) groups is 1. The molecule has 442 valence electrons. The highest BCUT2D eigenvalue weighted by atomic mass is 32.1. The SMILES string of the molecule is CCCCCCc1cc2sc(-c3ccc4c(c3)c3cc(-c5cc6sc(CCCCCC)cc6s5)ccc3n4-c3ccc4c(c3)C(CCCCCC)(CCCCCC)c3cc(/C=C(\C#N)c5ccc(-c6ccc(/C=C(/C#N)C(=O)O)s6)s5)ccc3-4)cc2s1. The Bertz CT molecular complexity index is 4230. The van der Waals surface area contributed by atoms with Crippen molar-refractivity contribution in [2.45, 2.75) is 162 Å². The Morgan fingerprint density at radius 3 is 1.56 bits per heavy atom. The highest BCUT2D eigenvalue weighted by Gasteiger charge is 2.43. The highest BCUT2D eigenvalue weighted by molar-refractivity contribution is 7.30. The third-order valence-corrected chi connectivity index (χ3v) is 24.9. The summed E-state index contributed by atoms with van der Waals surface area (Å²) in [5.74, 6) is -1.24. The minimum atomic E-state index is -1.24. The largest absolute Gasteiger partial charge is 0.477 e. The lowest BCUT2D eigenvalue weighted by Crippen LogP contribution is -2.26. The molecule has 0 amide bonds. The van der Waals surface area contributed by atoms with Crippen molar-refractivity contribution in [1.29, 1.82) is 10.5 Å². The van der Waals surface area contributed by atoms with Crippen molar-refractivity contribution in [3.05, 3.63) is 163 Å². The molecule has 7 heterocycles. The summed E-state index contributed by atoms with van der Waals surface area (Å²) in [6.07, 6.45) is 27.7. The summed E-state index contributed by atoms with van der Waals surface area (Å²) in [6, 6.07) is 50.8. The fourth-order valence-corrected chi connectivity index (χ4v) is 20.2. The molecule has 11 heteroatoms. The maximum absolute atomic E-state index is 11.6. The summed E-state index contributed by atoms with van der Waals surface area (Å²) in [6.45, 7) is 9.18. The summed E-state index contributed by atoms with van der Waals surface area (Å²) in [5.41, 5.74) is 12.8. The number of carboxylic acid groups (broad SMARTS) is 1. The van der Waals surface area contributed by atoms with Gasteiger partial charge < -0.3 is 9.67 Å². The first-order valence-corrected chi connectivity index (χ1v) is 36.6. The van der Waals surface area contributed by atoms with Crippen LogP contribution in [0.1, 0.15) is 179 Å². The van der Waals surface area contributed by atoms with Crippen molar-refractivity contribution in [3.63, 3.8) is 0 Å². The molecule has 4 aromatic carbocycles. The van der Waals surface area contributed by atoms with Gasteiger partial charge in [0.15, 0.2) is 0 Å². The Kier molecular flexibility index (Phi) is 19.1. The van der Waals surface area contributed by atoms with Crippen LogP contribution in [0, 0.1) is 22.7 Å². The van der Waals surface area contributed by atoms with Gasteiger partial charge in [0, 0.05) is 79.7 Å². The second kappa shape index (κ2) is 27.4. The van der Waals surface area contributed by atoms with Crippen molar-refractivity contribution < 1.29 is 9.90 Å². The highest BCUT2D eigenvalue weighted by Crippen LogP contribution is 2.56. The van der Waals surface area contributed by atoms with Gasteiger partial charge in [0.25, 0.3) is 0 Å². The third kappa shape index (κ3) is 12.7. The van der Waals surface area contributed by atoms with Gasteiger partial charge in [-0.2, -0.15) is 10.5 Å². The Morgan fingerprint density at radius 1 is 0.494 bits per heavy atom. The van der Waals surface area contributed by atoms with Crippen LogP contribution in [-0.4, -0.2) is 15.6 Å². The van der Waals surface area contributed by atoms with E-state index in [-0.39, 0.29) is 11.0 Å². The van der Waals surface area contributed by atoms with E-state index in [2.05, 4.69) is 141 Å². The molecule has 1 aliphatic carbocycles. The summed E-state index contributed by atoms with van der Waals surface area (Å²) in [5, 5.41) is 32.2. The summed E-state index contributed by atoms with van der Waals surface area (Å²) in [7, 11) is 0. The van der Waals surface area contributed by atoms with Crippen LogP contribution >= 0.6 is 68.0 Å². The molecule has 11 aromatic rings. The zero-order valence-electron chi connectivity index (χ0n) is 50.5. The molecule has 0 saturated carbocycles. The van der Waals surface area contributed by atoms with Crippen LogP contribution in [0.4, 0.5) is 0 Å². The van der Waals surface area contributed by atoms with Gasteiger partial charge in [-0.15, -0.1) is 68.0 Å². The quantitative estimate of drug-likeness (QED) is 0.0301. The second-order valence-electron chi connectivity index (χ2n) is 23.8. The smallest absolute Gasteiger partial charge is 0.346 e. The second-order valence-corrected chi connectivity index (χ2v) is 30.5.